The van der Waals surface area contributed by atoms with Gasteiger partial charge in [0.1, 0.15) is 5.82 Å². The molecule has 2 atom stereocenters. The number of amides is 2. The minimum Gasteiger partial charge on any atom is -0.376 e. The first-order chi connectivity index (χ1) is 12.1. The summed E-state index contributed by atoms with van der Waals surface area (Å²) in [6, 6.07) is 6.94. The van der Waals surface area contributed by atoms with Gasteiger partial charge < -0.3 is 19.9 Å². The monoisotopic (exact) mass is 344 g/mol. The molecule has 1 aliphatic heterocycles. The standard InChI is InChI=1S/C18H24N4O3/c1-3-22(18(24)19-12(2)15-9-6-10-25-15)11-16-20-14-8-5-4-7-13(14)17(23)21-16/h4-5,7-8,12,15H,3,6,9-11H2,1-2H3,(H,19,24)(H,20,21,23)/t12-,15-/m0/s1. The summed E-state index contributed by atoms with van der Waals surface area (Å²) in [5.74, 6) is 0.477. The lowest BCUT2D eigenvalue weighted by Gasteiger charge is -2.26. The van der Waals surface area contributed by atoms with Crippen LogP contribution >= 0.6 is 0 Å². The second kappa shape index (κ2) is 7.65. The van der Waals surface area contributed by atoms with Gasteiger partial charge >= 0.3 is 6.03 Å². The molecule has 2 N–H and O–H groups in total. The normalized spacial score (nSPS) is 18.2. The molecule has 7 nitrogen and oxygen atoms in total. The summed E-state index contributed by atoms with van der Waals surface area (Å²) in [7, 11) is 0. The molecule has 1 fully saturated rings. The topological polar surface area (TPSA) is 87.3 Å². The number of aromatic nitrogens is 2. The van der Waals surface area contributed by atoms with Gasteiger partial charge in [-0.05, 0) is 38.8 Å². The lowest BCUT2D eigenvalue weighted by Crippen LogP contribution is -2.47. The number of aromatic amines is 1. The van der Waals surface area contributed by atoms with E-state index in [9.17, 15) is 9.59 Å². The Kier molecular flexibility index (Phi) is 5.33. The summed E-state index contributed by atoms with van der Waals surface area (Å²) < 4.78 is 5.62. The molecule has 0 spiro atoms. The third-order valence-electron chi connectivity index (χ3n) is 4.55. The van der Waals surface area contributed by atoms with Crippen molar-refractivity contribution in [3.05, 3.63) is 40.4 Å². The van der Waals surface area contributed by atoms with Gasteiger partial charge in [-0.3, -0.25) is 4.79 Å². The Morgan fingerprint density at radius 3 is 3.00 bits per heavy atom. The molecule has 3 rings (SSSR count). The van der Waals surface area contributed by atoms with E-state index in [2.05, 4.69) is 15.3 Å². The second-order valence-corrected chi connectivity index (χ2v) is 6.33. The van der Waals surface area contributed by atoms with Crippen LogP contribution in [0.5, 0.6) is 0 Å². The largest absolute Gasteiger partial charge is 0.376 e. The molecule has 134 valence electrons. The molecule has 2 aromatic rings. The lowest BCUT2D eigenvalue weighted by molar-refractivity contribution is 0.0831. The number of carbonyl (C=O) groups is 1. The van der Waals surface area contributed by atoms with Crippen LogP contribution in [0.2, 0.25) is 0 Å². The first kappa shape index (κ1) is 17.4. The van der Waals surface area contributed by atoms with Crippen LogP contribution in [-0.4, -0.2) is 46.2 Å². The van der Waals surface area contributed by atoms with Crippen molar-refractivity contribution >= 4 is 16.9 Å². The Labute approximate surface area is 146 Å². The highest BCUT2D eigenvalue weighted by Crippen LogP contribution is 2.15. The fraction of sp³-hybridized carbons (Fsp3) is 0.500. The van der Waals surface area contributed by atoms with Crippen LogP contribution in [0, 0.1) is 0 Å². The summed E-state index contributed by atoms with van der Waals surface area (Å²) >= 11 is 0. The van der Waals surface area contributed by atoms with Crippen molar-refractivity contribution in [3.63, 3.8) is 0 Å². The summed E-state index contributed by atoms with van der Waals surface area (Å²) in [5, 5.41) is 3.53. The Bertz CT molecular complexity index is 798. The summed E-state index contributed by atoms with van der Waals surface area (Å²) in [6.07, 6.45) is 2.07. The van der Waals surface area contributed by atoms with Gasteiger partial charge in [0.25, 0.3) is 5.56 Å². The highest BCUT2D eigenvalue weighted by atomic mass is 16.5. The number of urea groups is 1. The maximum absolute atomic E-state index is 12.5. The van der Waals surface area contributed by atoms with Crippen molar-refractivity contribution in [1.82, 2.24) is 20.2 Å². The van der Waals surface area contributed by atoms with Gasteiger partial charge in [0, 0.05) is 13.2 Å². The average Bonchev–Trinajstić information content (AvgIpc) is 3.14. The van der Waals surface area contributed by atoms with Crippen LogP contribution in [0.3, 0.4) is 0 Å². The number of ether oxygens (including phenoxy) is 1. The molecule has 0 saturated carbocycles. The number of nitrogens with one attached hydrogen (secondary N) is 2. The van der Waals surface area contributed by atoms with Crippen LogP contribution in [0.15, 0.2) is 29.1 Å². The number of H-pyrrole nitrogens is 1. The second-order valence-electron chi connectivity index (χ2n) is 6.33. The predicted octanol–water partition coefficient (Wildman–Crippen LogP) is 2.02. The quantitative estimate of drug-likeness (QED) is 0.869. The van der Waals surface area contributed by atoms with E-state index in [0.29, 0.717) is 23.3 Å². The third kappa shape index (κ3) is 3.99. The Hall–Kier alpha value is -2.41. The predicted molar refractivity (Wildman–Crippen MR) is 95.4 cm³/mol. The van der Waals surface area contributed by atoms with E-state index in [0.717, 1.165) is 19.4 Å². The molecule has 1 aromatic heterocycles. The smallest absolute Gasteiger partial charge is 0.318 e. The van der Waals surface area contributed by atoms with Gasteiger partial charge in [-0.2, -0.15) is 0 Å². The van der Waals surface area contributed by atoms with Gasteiger partial charge in [-0.25, -0.2) is 9.78 Å². The van der Waals surface area contributed by atoms with Crippen LogP contribution in [0.4, 0.5) is 4.79 Å². The molecule has 1 aromatic carbocycles. The molecule has 2 amide bonds. The van der Waals surface area contributed by atoms with Crippen LogP contribution in [0.1, 0.15) is 32.5 Å². The van der Waals surface area contributed by atoms with E-state index in [-0.39, 0.29) is 30.3 Å². The summed E-state index contributed by atoms with van der Waals surface area (Å²) in [4.78, 5) is 33.5. The molecule has 0 unspecified atom stereocenters. The molecule has 2 heterocycles. The molecule has 0 radical (unpaired) electrons. The molecule has 7 heteroatoms. The highest BCUT2D eigenvalue weighted by Gasteiger charge is 2.25. The van der Waals surface area contributed by atoms with Gasteiger partial charge in [0.05, 0.1) is 29.6 Å². The van der Waals surface area contributed by atoms with Gasteiger partial charge in [0.15, 0.2) is 0 Å². The minimum atomic E-state index is -0.190. The number of nitrogens with zero attached hydrogens (tertiary/aromatic N) is 2. The van der Waals surface area contributed by atoms with Crippen LogP contribution in [-0.2, 0) is 11.3 Å². The van der Waals surface area contributed by atoms with E-state index < -0.39 is 0 Å². The Balaban J connectivity index is 1.71. The summed E-state index contributed by atoms with van der Waals surface area (Å²) in [5.41, 5.74) is 0.440. The third-order valence-corrected chi connectivity index (χ3v) is 4.55. The number of hydrogen-bond acceptors (Lipinski definition) is 4. The van der Waals surface area contributed by atoms with E-state index in [1.54, 1.807) is 23.1 Å². The Morgan fingerprint density at radius 2 is 2.28 bits per heavy atom. The zero-order valence-electron chi connectivity index (χ0n) is 14.6. The number of fused-ring (bicyclic) bond motifs is 1. The van der Waals surface area contributed by atoms with Crippen molar-refractivity contribution in [3.8, 4) is 0 Å². The summed E-state index contributed by atoms with van der Waals surface area (Å²) in [6.45, 7) is 5.37. The van der Waals surface area contributed by atoms with Crippen molar-refractivity contribution in [2.45, 2.75) is 45.4 Å². The zero-order valence-corrected chi connectivity index (χ0v) is 14.6. The first-order valence-electron chi connectivity index (χ1n) is 8.73. The maximum Gasteiger partial charge on any atom is 0.318 e. The average molecular weight is 344 g/mol. The van der Waals surface area contributed by atoms with Gasteiger partial charge in [-0.1, -0.05) is 12.1 Å². The maximum atomic E-state index is 12.5. The number of carbonyl (C=O) groups excluding carboxylic acids is 1. The molecule has 1 aliphatic rings. The molecule has 1 saturated heterocycles. The fourth-order valence-corrected chi connectivity index (χ4v) is 3.09. The van der Waals surface area contributed by atoms with Crippen LogP contribution in [0.25, 0.3) is 10.9 Å². The Morgan fingerprint density at radius 1 is 1.48 bits per heavy atom. The van der Waals surface area contributed by atoms with Crippen molar-refractivity contribution in [1.29, 1.82) is 0 Å². The number of benzene rings is 1. The van der Waals surface area contributed by atoms with E-state index in [1.807, 2.05) is 19.9 Å². The van der Waals surface area contributed by atoms with Crippen molar-refractivity contribution < 1.29 is 9.53 Å². The minimum absolute atomic E-state index is 0.0485. The van der Waals surface area contributed by atoms with E-state index in [1.165, 1.54) is 0 Å². The molecule has 0 aliphatic carbocycles. The molecular formula is C18H24N4O3. The van der Waals surface area contributed by atoms with Gasteiger partial charge in [-0.15, -0.1) is 0 Å². The fourth-order valence-electron chi connectivity index (χ4n) is 3.09. The molecule has 0 bridgehead atoms. The zero-order chi connectivity index (χ0) is 17.8. The number of hydrogen-bond donors (Lipinski definition) is 2. The lowest BCUT2D eigenvalue weighted by atomic mass is 10.1. The molecular weight excluding hydrogens is 320 g/mol. The number of rotatable bonds is 5. The molecule has 25 heavy (non-hydrogen) atoms. The SMILES string of the molecule is CCN(Cc1nc2ccccc2c(=O)[nH]1)C(=O)N[C@@H](C)[C@@H]1CCCO1. The van der Waals surface area contributed by atoms with Crippen molar-refractivity contribution in [2.24, 2.45) is 0 Å². The first-order valence-corrected chi connectivity index (χ1v) is 8.73. The highest BCUT2D eigenvalue weighted by molar-refractivity contribution is 5.77. The van der Waals surface area contributed by atoms with E-state index >= 15 is 0 Å². The van der Waals surface area contributed by atoms with E-state index in [4.69, 9.17) is 4.74 Å². The van der Waals surface area contributed by atoms with Crippen LogP contribution < -0.4 is 10.9 Å². The van der Waals surface area contributed by atoms with Crippen molar-refractivity contribution in [2.75, 3.05) is 13.2 Å². The van der Waals surface area contributed by atoms with Gasteiger partial charge in [0.2, 0.25) is 0 Å². The number of para-hydroxylation sites is 1.